The van der Waals surface area contributed by atoms with E-state index in [-0.39, 0.29) is 5.41 Å². The van der Waals surface area contributed by atoms with Gasteiger partial charge in [0.15, 0.2) is 0 Å². The molecule has 2 nitrogen and oxygen atoms in total. The summed E-state index contributed by atoms with van der Waals surface area (Å²) < 4.78 is 2.40. The molecule has 0 unspecified atom stereocenters. The molecule has 0 aliphatic heterocycles. The van der Waals surface area contributed by atoms with Crippen LogP contribution in [0.3, 0.4) is 0 Å². The van der Waals surface area contributed by atoms with E-state index in [0.717, 1.165) is 23.2 Å². The van der Waals surface area contributed by atoms with Crippen LogP contribution in [0.15, 0.2) is 231 Å². The summed E-state index contributed by atoms with van der Waals surface area (Å²) in [6.07, 6.45) is 5.09. The van der Waals surface area contributed by atoms with Crippen LogP contribution in [-0.2, 0) is 10.8 Å². The number of hydrogen-bond acceptors (Lipinski definition) is 1. The van der Waals surface area contributed by atoms with Gasteiger partial charge in [0.25, 0.3) is 0 Å². The molecule has 0 amide bonds. The van der Waals surface area contributed by atoms with Crippen molar-refractivity contribution in [2.45, 2.75) is 50.4 Å². The molecule has 0 radical (unpaired) electrons. The van der Waals surface area contributed by atoms with Crippen LogP contribution < -0.4 is 4.90 Å². The van der Waals surface area contributed by atoms with E-state index in [1.165, 1.54) is 114 Å². The number of anilines is 3. The lowest BCUT2D eigenvalue weighted by Gasteiger charge is -2.61. The van der Waals surface area contributed by atoms with Gasteiger partial charge in [0, 0.05) is 38.9 Å². The highest BCUT2D eigenvalue weighted by Crippen LogP contribution is 2.69. The second kappa shape index (κ2) is 15.8. The predicted molar refractivity (Wildman–Crippen MR) is 300 cm³/mol. The molecule has 0 saturated heterocycles. The van der Waals surface area contributed by atoms with Gasteiger partial charge in [-0.05, 0) is 176 Å². The van der Waals surface area contributed by atoms with Crippen LogP contribution in [0.4, 0.5) is 17.1 Å². The van der Waals surface area contributed by atoms with E-state index in [4.69, 9.17) is 0 Å². The Balaban J connectivity index is 0.924. The molecule has 2 spiro atoms. The first-order valence-corrected chi connectivity index (χ1v) is 26.4. The smallest absolute Gasteiger partial charge is 0.0720 e. The average molecular weight is 925 g/mol. The van der Waals surface area contributed by atoms with Crippen molar-refractivity contribution in [2.24, 2.45) is 23.7 Å². The molecular formula is C70H56N2. The second-order valence-electron chi connectivity index (χ2n) is 21.9. The molecule has 15 rings (SSSR count). The van der Waals surface area contributed by atoms with Crippen LogP contribution in [0, 0.1) is 23.7 Å². The van der Waals surface area contributed by atoms with Crippen LogP contribution in [0.5, 0.6) is 0 Å². The monoisotopic (exact) mass is 924 g/mol. The first kappa shape index (κ1) is 41.8. The molecule has 1 heterocycles. The highest BCUT2D eigenvalue weighted by molar-refractivity contribution is 6.09. The number of hydrogen-bond donors (Lipinski definition) is 0. The molecule has 72 heavy (non-hydrogen) atoms. The molecule has 2 bridgehead atoms. The largest absolute Gasteiger partial charge is 0.310 e. The zero-order valence-corrected chi connectivity index (χ0v) is 41.0. The number of nitrogens with zero attached hydrogens (tertiary/aromatic N) is 2. The Morgan fingerprint density at radius 3 is 1.46 bits per heavy atom. The third kappa shape index (κ3) is 5.78. The SMILES string of the molecule is C[C@H]1C[C@@H]2C[C@@H](C)C[C@H](C1)C21c2ccccc2C2(c3ccccc3-c3ccccc32)c2cc(N(c3ccc(-c4ccc(-n5c6ccccc6c6ccccc65)cc4)cc3)c3ccc4ccccc4c3)ccc21. The highest BCUT2D eigenvalue weighted by atomic mass is 15.1. The zero-order chi connectivity index (χ0) is 47.7. The molecule has 1 aromatic heterocycles. The predicted octanol–water partition coefficient (Wildman–Crippen LogP) is 18.1. The third-order valence-electron chi connectivity index (χ3n) is 18.0. The van der Waals surface area contributed by atoms with E-state index in [2.05, 4.69) is 254 Å². The van der Waals surface area contributed by atoms with Crippen molar-refractivity contribution in [3.05, 3.63) is 264 Å². The van der Waals surface area contributed by atoms with E-state index in [0.29, 0.717) is 11.8 Å². The summed E-state index contributed by atoms with van der Waals surface area (Å²) in [5, 5.41) is 5.04. The first-order chi connectivity index (χ1) is 35.5. The standard InChI is InChI=1S/C70H56N2/c1-45-39-51-41-46(2)42-52(40-45)69(51)63-23-11-12-24-64(63)70(61-21-9-5-17-57(61)58-18-6-10-22-62(58)70)66-44-56(37-38-65(66)69)71(55-36-31-47-15-3-4-16-50(47)43-55)53-32-27-48(28-33-53)49-29-34-54(35-30-49)72-67-25-13-7-19-59(67)60-20-8-14-26-68(60)72/h3-38,43-46,51-52H,39-42H2,1-2H3/t45-,46+,51+,52-,69?. The Morgan fingerprint density at radius 1 is 0.375 bits per heavy atom. The average Bonchev–Trinajstić information content (AvgIpc) is 3.92. The van der Waals surface area contributed by atoms with Gasteiger partial charge < -0.3 is 9.47 Å². The Labute approximate surface area is 422 Å². The minimum Gasteiger partial charge on any atom is -0.310 e. The molecule has 2 saturated carbocycles. The van der Waals surface area contributed by atoms with E-state index < -0.39 is 5.41 Å². The Hall–Kier alpha value is -7.94. The topological polar surface area (TPSA) is 8.17 Å². The molecule has 2 heteroatoms. The lowest BCUT2D eigenvalue weighted by atomic mass is 9.41. The summed E-state index contributed by atoms with van der Waals surface area (Å²) in [6, 6.07) is 87.9. The lowest BCUT2D eigenvalue weighted by Crippen LogP contribution is -2.56. The number of aromatic nitrogens is 1. The Kier molecular flexibility index (Phi) is 9.16. The van der Waals surface area contributed by atoms with E-state index in [9.17, 15) is 0 Å². The fraction of sp³-hybridized carbons (Fsp3) is 0.171. The van der Waals surface area contributed by atoms with Gasteiger partial charge in [-0.15, -0.1) is 0 Å². The molecule has 0 atom stereocenters. The van der Waals surface area contributed by atoms with Crippen molar-refractivity contribution >= 4 is 49.6 Å². The van der Waals surface area contributed by atoms with Crippen molar-refractivity contribution < 1.29 is 0 Å². The van der Waals surface area contributed by atoms with Crippen molar-refractivity contribution in [1.82, 2.24) is 4.57 Å². The van der Waals surface area contributed by atoms with Crippen LogP contribution in [0.2, 0.25) is 0 Å². The minimum atomic E-state index is -0.479. The van der Waals surface area contributed by atoms with E-state index in [1.807, 2.05) is 0 Å². The second-order valence-corrected chi connectivity index (χ2v) is 21.9. The van der Waals surface area contributed by atoms with Gasteiger partial charge in [-0.3, -0.25) is 0 Å². The quantitative estimate of drug-likeness (QED) is 0.167. The van der Waals surface area contributed by atoms with Crippen LogP contribution in [0.1, 0.15) is 72.9 Å². The summed E-state index contributed by atoms with van der Waals surface area (Å²) in [7, 11) is 0. The number of fused-ring (bicyclic) bond motifs is 13. The summed E-state index contributed by atoms with van der Waals surface area (Å²) >= 11 is 0. The van der Waals surface area contributed by atoms with Gasteiger partial charge in [0.05, 0.1) is 16.4 Å². The molecule has 10 aromatic carbocycles. The number of rotatable bonds is 5. The van der Waals surface area contributed by atoms with Gasteiger partial charge >= 0.3 is 0 Å². The molecule has 11 aromatic rings. The van der Waals surface area contributed by atoms with Crippen LogP contribution in [0.25, 0.3) is 60.5 Å². The Morgan fingerprint density at radius 2 is 0.833 bits per heavy atom. The third-order valence-corrected chi connectivity index (χ3v) is 18.0. The normalized spacial score (nSPS) is 21.1. The number of para-hydroxylation sites is 2. The summed E-state index contributed by atoms with van der Waals surface area (Å²) in [5.74, 6) is 2.60. The van der Waals surface area contributed by atoms with Crippen molar-refractivity contribution in [1.29, 1.82) is 0 Å². The summed E-state index contributed by atoms with van der Waals surface area (Å²) in [6.45, 7) is 5.06. The molecule has 4 aliphatic carbocycles. The van der Waals surface area contributed by atoms with Crippen molar-refractivity contribution in [2.75, 3.05) is 4.90 Å². The van der Waals surface area contributed by atoms with Crippen LogP contribution in [-0.4, -0.2) is 4.57 Å². The summed E-state index contributed by atoms with van der Waals surface area (Å²) in [4.78, 5) is 2.53. The lowest BCUT2D eigenvalue weighted by molar-refractivity contribution is 0.0238. The summed E-state index contributed by atoms with van der Waals surface area (Å²) in [5.41, 5.74) is 20.5. The fourth-order valence-corrected chi connectivity index (χ4v) is 15.5. The molecule has 346 valence electrons. The maximum absolute atomic E-state index is 2.65. The van der Waals surface area contributed by atoms with Gasteiger partial charge in [0.1, 0.15) is 0 Å². The molecule has 4 aliphatic rings. The van der Waals surface area contributed by atoms with Crippen molar-refractivity contribution in [3.63, 3.8) is 0 Å². The molecule has 0 N–H and O–H groups in total. The van der Waals surface area contributed by atoms with E-state index >= 15 is 0 Å². The maximum atomic E-state index is 2.65. The minimum absolute atomic E-state index is 0.0618. The Bertz CT molecular complexity index is 3820. The van der Waals surface area contributed by atoms with Gasteiger partial charge in [0.2, 0.25) is 0 Å². The van der Waals surface area contributed by atoms with Crippen LogP contribution >= 0.6 is 0 Å². The number of benzene rings is 10. The molecular weight excluding hydrogens is 869 g/mol. The highest BCUT2D eigenvalue weighted by Gasteiger charge is 2.62. The zero-order valence-electron chi connectivity index (χ0n) is 41.0. The van der Waals surface area contributed by atoms with Gasteiger partial charge in [-0.1, -0.05) is 184 Å². The van der Waals surface area contributed by atoms with Gasteiger partial charge in [-0.2, -0.15) is 0 Å². The van der Waals surface area contributed by atoms with Crippen molar-refractivity contribution in [3.8, 4) is 27.9 Å². The fourth-order valence-electron chi connectivity index (χ4n) is 15.5. The van der Waals surface area contributed by atoms with Gasteiger partial charge in [-0.25, -0.2) is 0 Å². The molecule has 2 fully saturated rings. The maximum Gasteiger partial charge on any atom is 0.0720 e. The first-order valence-electron chi connectivity index (χ1n) is 26.4. The van der Waals surface area contributed by atoms with E-state index in [1.54, 1.807) is 11.1 Å².